The molecule has 7 heteroatoms. The summed E-state index contributed by atoms with van der Waals surface area (Å²) in [6.07, 6.45) is 4.59. The van der Waals surface area contributed by atoms with Gasteiger partial charge in [0.25, 0.3) is 5.91 Å². The number of nitrogens with zero attached hydrogens (tertiary/aromatic N) is 4. The first-order chi connectivity index (χ1) is 16.1. The van der Waals surface area contributed by atoms with Gasteiger partial charge >= 0.3 is 0 Å². The molecule has 3 aliphatic heterocycles. The molecule has 1 N–H and O–H groups in total. The third kappa shape index (κ3) is 3.35. The molecule has 1 aromatic heterocycles. The van der Waals surface area contributed by atoms with E-state index in [2.05, 4.69) is 32.3 Å². The highest BCUT2D eigenvalue weighted by atomic mass is 16.2. The highest BCUT2D eigenvalue weighted by Gasteiger charge is 2.42. The Bertz CT molecular complexity index is 1250. The second-order valence-electron chi connectivity index (χ2n) is 9.13. The Hall–Kier alpha value is -3.74. The summed E-state index contributed by atoms with van der Waals surface area (Å²) < 4.78 is 0. The van der Waals surface area contributed by atoms with Crippen LogP contribution < -0.4 is 15.1 Å². The van der Waals surface area contributed by atoms with Crippen molar-refractivity contribution in [2.24, 2.45) is 0 Å². The molecule has 0 atom stereocenters. The molecule has 3 aliphatic rings. The highest BCUT2D eigenvalue weighted by molar-refractivity contribution is 6.06. The van der Waals surface area contributed by atoms with Crippen molar-refractivity contribution in [3.05, 3.63) is 77.7 Å². The van der Waals surface area contributed by atoms with Crippen LogP contribution in [0.3, 0.4) is 0 Å². The summed E-state index contributed by atoms with van der Waals surface area (Å²) in [5.74, 6) is 0.766. The molecule has 2 aromatic carbocycles. The largest absolute Gasteiger partial charge is 0.356 e. The summed E-state index contributed by atoms with van der Waals surface area (Å²) in [5.41, 5.74) is 4.60. The zero-order valence-corrected chi connectivity index (χ0v) is 18.3. The lowest BCUT2D eigenvalue weighted by atomic mass is 9.68. The third-order valence-electron chi connectivity index (χ3n) is 7.32. The predicted octanol–water partition coefficient (Wildman–Crippen LogP) is 3.56. The van der Waals surface area contributed by atoms with Gasteiger partial charge < -0.3 is 15.1 Å². The average Bonchev–Trinajstić information content (AvgIpc) is 3.28. The number of carbonyl (C=O) groups excluding carboxylic acids is 2. The SMILES string of the molecule is O=C1CC2(CCN(c3cc(C(=O)N4CCc5ccccc54)ncn3)CC2)c2ccccc2N1. The number of fused-ring (bicyclic) bond motifs is 3. The lowest BCUT2D eigenvalue weighted by molar-refractivity contribution is -0.118. The van der Waals surface area contributed by atoms with Crippen LogP contribution in [0.15, 0.2) is 60.9 Å². The van der Waals surface area contributed by atoms with E-state index in [1.165, 1.54) is 17.5 Å². The van der Waals surface area contributed by atoms with Crippen LogP contribution in [0.2, 0.25) is 0 Å². The van der Waals surface area contributed by atoms with Gasteiger partial charge in [0.05, 0.1) is 0 Å². The van der Waals surface area contributed by atoms with Gasteiger partial charge in [-0.25, -0.2) is 9.97 Å². The number of hydrogen-bond donors (Lipinski definition) is 1. The summed E-state index contributed by atoms with van der Waals surface area (Å²) in [5, 5.41) is 3.01. The Morgan fingerprint density at radius 1 is 0.970 bits per heavy atom. The van der Waals surface area contributed by atoms with E-state index in [0.717, 1.165) is 49.5 Å². The minimum atomic E-state index is -0.139. The van der Waals surface area contributed by atoms with Crippen LogP contribution in [0, 0.1) is 0 Å². The molecular formula is C26H25N5O2. The van der Waals surface area contributed by atoms with E-state index in [1.54, 1.807) is 0 Å². The lowest BCUT2D eigenvalue weighted by Crippen LogP contribution is -2.47. The van der Waals surface area contributed by atoms with Crippen molar-refractivity contribution in [1.29, 1.82) is 0 Å². The van der Waals surface area contributed by atoms with Crippen molar-refractivity contribution in [1.82, 2.24) is 9.97 Å². The Morgan fingerprint density at radius 3 is 2.64 bits per heavy atom. The molecule has 1 spiro atoms. The maximum absolute atomic E-state index is 13.2. The third-order valence-corrected chi connectivity index (χ3v) is 7.32. The number of piperidine rings is 1. The number of aromatic nitrogens is 2. The minimum Gasteiger partial charge on any atom is -0.356 e. The molecular weight excluding hydrogens is 414 g/mol. The standard InChI is InChI=1S/C26H25N5O2/c32-24-16-26(19-6-2-3-7-20(19)29-24)10-13-30(14-11-26)23-15-21(27-17-28-23)25(33)31-12-9-18-5-1-4-8-22(18)31/h1-8,15,17H,9-14,16H2,(H,29,32). The van der Waals surface area contributed by atoms with Crippen molar-refractivity contribution in [2.45, 2.75) is 31.1 Å². The molecule has 6 rings (SSSR count). The van der Waals surface area contributed by atoms with Gasteiger partial charge in [-0.05, 0) is 42.5 Å². The van der Waals surface area contributed by atoms with Crippen LogP contribution in [0.1, 0.15) is 40.9 Å². The molecule has 7 nitrogen and oxygen atoms in total. The number of benzene rings is 2. The first kappa shape index (κ1) is 19.9. The maximum atomic E-state index is 13.2. The van der Waals surface area contributed by atoms with Gasteiger partial charge in [-0.3, -0.25) is 9.59 Å². The number of carbonyl (C=O) groups is 2. The molecule has 0 saturated carbocycles. The summed E-state index contributed by atoms with van der Waals surface area (Å²) >= 11 is 0. The topological polar surface area (TPSA) is 78.4 Å². The molecule has 3 aromatic rings. The maximum Gasteiger partial charge on any atom is 0.277 e. The molecule has 166 valence electrons. The predicted molar refractivity (Wildman–Crippen MR) is 127 cm³/mol. The van der Waals surface area contributed by atoms with Gasteiger partial charge in [0.1, 0.15) is 17.8 Å². The van der Waals surface area contributed by atoms with E-state index in [0.29, 0.717) is 18.7 Å². The van der Waals surface area contributed by atoms with Crippen LogP contribution in [-0.2, 0) is 16.6 Å². The van der Waals surface area contributed by atoms with Crippen LogP contribution in [0.5, 0.6) is 0 Å². The second kappa shape index (κ2) is 7.69. The molecule has 1 saturated heterocycles. The molecule has 1 fully saturated rings. The van der Waals surface area contributed by atoms with Crippen molar-refractivity contribution in [3.63, 3.8) is 0 Å². The van der Waals surface area contributed by atoms with Gasteiger partial charge in [0.15, 0.2) is 0 Å². The zero-order chi connectivity index (χ0) is 22.4. The number of anilines is 3. The van der Waals surface area contributed by atoms with Crippen molar-refractivity contribution in [2.75, 3.05) is 34.8 Å². The normalized spacial score (nSPS) is 18.6. The number of nitrogens with one attached hydrogen (secondary N) is 1. The fourth-order valence-corrected chi connectivity index (χ4v) is 5.59. The van der Waals surface area contributed by atoms with Crippen LogP contribution in [-0.4, -0.2) is 41.4 Å². The number of amides is 2. The Morgan fingerprint density at radius 2 is 1.76 bits per heavy atom. The second-order valence-corrected chi connectivity index (χ2v) is 9.13. The van der Waals surface area contributed by atoms with Crippen LogP contribution >= 0.6 is 0 Å². The summed E-state index contributed by atoms with van der Waals surface area (Å²) in [6.45, 7) is 2.23. The fourth-order valence-electron chi connectivity index (χ4n) is 5.59. The van der Waals surface area contributed by atoms with E-state index in [9.17, 15) is 9.59 Å². The number of rotatable bonds is 2. The van der Waals surface area contributed by atoms with Gasteiger partial charge in [0, 0.05) is 48.9 Å². The molecule has 4 heterocycles. The smallest absolute Gasteiger partial charge is 0.277 e. The van der Waals surface area contributed by atoms with Gasteiger partial charge in [0.2, 0.25) is 5.91 Å². The highest BCUT2D eigenvalue weighted by Crippen LogP contribution is 2.45. The van der Waals surface area contributed by atoms with E-state index in [-0.39, 0.29) is 17.2 Å². The lowest BCUT2D eigenvalue weighted by Gasteiger charge is -2.45. The van der Waals surface area contributed by atoms with Gasteiger partial charge in [-0.1, -0.05) is 36.4 Å². The zero-order valence-electron chi connectivity index (χ0n) is 18.3. The molecule has 33 heavy (non-hydrogen) atoms. The molecule has 0 unspecified atom stereocenters. The number of para-hydroxylation sites is 2. The molecule has 0 bridgehead atoms. The van der Waals surface area contributed by atoms with Gasteiger partial charge in [-0.2, -0.15) is 0 Å². The Labute approximate surface area is 192 Å². The Balaban J connectivity index is 1.22. The van der Waals surface area contributed by atoms with Gasteiger partial charge in [-0.15, -0.1) is 0 Å². The quantitative estimate of drug-likeness (QED) is 0.661. The molecule has 2 amide bonds. The summed E-state index contributed by atoms with van der Waals surface area (Å²) in [4.78, 5) is 38.4. The fraction of sp³-hybridized carbons (Fsp3) is 0.308. The minimum absolute atomic E-state index is 0.0861. The average molecular weight is 440 g/mol. The van der Waals surface area contributed by atoms with Crippen LogP contribution in [0.4, 0.5) is 17.2 Å². The first-order valence-corrected chi connectivity index (χ1v) is 11.5. The van der Waals surface area contributed by atoms with E-state index >= 15 is 0 Å². The molecule has 0 aliphatic carbocycles. The van der Waals surface area contributed by atoms with Crippen LogP contribution in [0.25, 0.3) is 0 Å². The van der Waals surface area contributed by atoms with E-state index in [4.69, 9.17) is 0 Å². The van der Waals surface area contributed by atoms with Crippen molar-refractivity contribution < 1.29 is 9.59 Å². The summed E-state index contributed by atoms with van der Waals surface area (Å²) in [7, 11) is 0. The summed E-state index contributed by atoms with van der Waals surface area (Å²) in [6, 6.07) is 18.0. The van der Waals surface area contributed by atoms with E-state index in [1.807, 2.05) is 47.4 Å². The Kier molecular flexibility index (Phi) is 4.64. The van der Waals surface area contributed by atoms with Crippen molar-refractivity contribution in [3.8, 4) is 0 Å². The van der Waals surface area contributed by atoms with E-state index < -0.39 is 0 Å². The number of hydrogen-bond acceptors (Lipinski definition) is 5. The molecule has 0 radical (unpaired) electrons. The monoisotopic (exact) mass is 439 g/mol. The van der Waals surface area contributed by atoms with Crippen molar-refractivity contribution >= 4 is 29.0 Å². The first-order valence-electron chi connectivity index (χ1n) is 11.5.